The summed E-state index contributed by atoms with van der Waals surface area (Å²) in [5.41, 5.74) is 2.41. The van der Waals surface area contributed by atoms with Crippen LogP contribution in [0.5, 0.6) is 0 Å². The van der Waals surface area contributed by atoms with Crippen LogP contribution >= 0.6 is 0 Å². The third kappa shape index (κ3) is 3.00. The van der Waals surface area contributed by atoms with Crippen molar-refractivity contribution in [2.45, 2.75) is 51.1 Å². The molecule has 0 radical (unpaired) electrons. The van der Waals surface area contributed by atoms with Gasteiger partial charge in [0.1, 0.15) is 5.82 Å². The van der Waals surface area contributed by atoms with Gasteiger partial charge in [0.2, 0.25) is 0 Å². The minimum absolute atomic E-state index is 0.00753. The zero-order chi connectivity index (χ0) is 18.1. The second-order valence-electron chi connectivity index (χ2n) is 7.14. The maximum Gasteiger partial charge on any atom is 0.317 e. The molecule has 136 valence electrons. The summed E-state index contributed by atoms with van der Waals surface area (Å²) in [5, 5.41) is 2.99. The van der Waals surface area contributed by atoms with E-state index in [2.05, 4.69) is 10.3 Å². The molecule has 0 saturated carbocycles. The fourth-order valence-corrected chi connectivity index (χ4v) is 4.13. The number of rotatable bonds is 3. The highest BCUT2D eigenvalue weighted by Crippen LogP contribution is 2.33. The number of amides is 2. The molecule has 2 aliphatic heterocycles. The maximum atomic E-state index is 12.7. The van der Waals surface area contributed by atoms with Gasteiger partial charge in [0.25, 0.3) is 5.56 Å². The fraction of sp³-hybridized carbons (Fsp3) is 0.450. The van der Waals surface area contributed by atoms with Crippen LogP contribution in [0.3, 0.4) is 0 Å². The smallest absolute Gasteiger partial charge is 0.317 e. The molecule has 4 rings (SSSR count). The first-order valence-electron chi connectivity index (χ1n) is 9.41. The van der Waals surface area contributed by atoms with Crippen LogP contribution < -0.4 is 10.9 Å². The summed E-state index contributed by atoms with van der Waals surface area (Å²) in [6.45, 7) is 2.72. The molecule has 2 bridgehead atoms. The van der Waals surface area contributed by atoms with Crippen molar-refractivity contribution in [1.29, 1.82) is 0 Å². The van der Waals surface area contributed by atoms with Crippen molar-refractivity contribution in [3.8, 4) is 11.4 Å². The van der Waals surface area contributed by atoms with Crippen LogP contribution in [-0.2, 0) is 12.8 Å². The highest BCUT2D eigenvalue weighted by Gasteiger charge is 2.40. The minimum Gasteiger partial charge on any atom is -0.338 e. The molecule has 1 aromatic heterocycles. The topological polar surface area (TPSA) is 78.1 Å². The van der Waals surface area contributed by atoms with Gasteiger partial charge in [-0.2, -0.15) is 0 Å². The predicted molar refractivity (Wildman–Crippen MR) is 100 cm³/mol. The molecular formula is C20H24N4O2. The molecule has 2 amide bonds. The zero-order valence-corrected chi connectivity index (χ0v) is 15.0. The number of carbonyl (C=O) groups excluding carboxylic acids is 1. The van der Waals surface area contributed by atoms with Crippen LogP contribution in [0.4, 0.5) is 4.79 Å². The van der Waals surface area contributed by atoms with E-state index >= 15 is 0 Å². The molecule has 0 unspecified atom stereocenters. The van der Waals surface area contributed by atoms with E-state index in [0.717, 1.165) is 36.1 Å². The van der Waals surface area contributed by atoms with Crippen molar-refractivity contribution in [3.05, 3.63) is 51.9 Å². The van der Waals surface area contributed by atoms with Gasteiger partial charge in [-0.05, 0) is 19.3 Å². The Morgan fingerprint density at radius 1 is 1.23 bits per heavy atom. The molecule has 2 aromatic rings. The zero-order valence-electron chi connectivity index (χ0n) is 15.0. The molecular weight excluding hydrogens is 328 g/mol. The number of aromatic nitrogens is 2. The SMILES string of the molecule is CCCNC(=O)N1[C@@H]2CC[C@H]1Cc1nc(-c3ccccc3)[nH]c(=O)c1C2. The molecule has 0 aliphatic carbocycles. The number of nitrogens with one attached hydrogen (secondary N) is 2. The van der Waals surface area contributed by atoms with E-state index in [9.17, 15) is 9.59 Å². The molecule has 3 heterocycles. The number of fused-ring (bicyclic) bond motifs is 3. The second kappa shape index (κ2) is 6.94. The number of hydrogen-bond acceptors (Lipinski definition) is 3. The van der Waals surface area contributed by atoms with Crippen LogP contribution in [-0.4, -0.2) is 39.5 Å². The Morgan fingerprint density at radius 3 is 2.69 bits per heavy atom. The minimum atomic E-state index is -0.0738. The van der Waals surface area contributed by atoms with Gasteiger partial charge in [0, 0.05) is 42.6 Å². The Balaban J connectivity index is 1.67. The highest BCUT2D eigenvalue weighted by atomic mass is 16.2. The van der Waals surface area contributed by atoms with Gasteiger partial charge in [-0.25, -0.2) is 9.78 Å². The van der Waals surface area contributed by atoms with Gasteiger partial charge in [-0.1, -0.05) is 37.3 Å². The molecule has 6 heteroatoms. The van der Waals surface area contributed by atoms with Gasteiger partial charge in [0.15, 0.2) is 0 Å². The molecule has 1 saturated heterocycles. The molecule has 26 heavy (non-hydrogen) atoms. The molecule has 1 aromatic carbocycles. The number of benzene rings is 1. The van der Waals surface area contributed by atoms with Crippen molar-refractivity contribution >= 4 is 6.03 Å². The Hall–Kier alpha value is -2.63. The largest absolute Gasteiger partial charge is 0.338 e. The van der Waals surface area contributed by atoms with E-state index in [-0.39, 0.29) is 23.7 Å². The lowest BCUT2D eigenvalue weighted by Crippen LogP contribution is -2.47. The van der Waals surface area contributed by atoms with Gasteiger partial charge in [0.05, 0.1) is 5.69 Å². The normalized spacial score (nSPS) is 21.2. The summed E-state index contributed by atoms with van der Waals surface area (Å²) in [7, 11) is 0. The van der Waals surface area contributed by atoms with E-state index in [0.29, 0.717) is 25.2 Å². The summed E-state index contributed by atoms with van der Waals surface area (Å²) in [5.74, 6) is 0.606. The number of urea groups is 1. The summed E-state index contributed by atoms with van der Waals surface area (Å²) >= 11 is 0. The van der Waals surface area contributed by atoms with Crippen LogP contribution in [0.15, 0.2) is 35.1 Å². The lowest BCUT2D eigenvalue weighted by molar-refractivity contribution is 0.174. The number of nitrogens with zero attached hydrogens (tertiary/aromatic N) is 2. The standard InChI is InChI=1S/C20H24N4O2/c1-2-10-21-20(26)24-14-8-9-15(24)12-17-16(11-14)19(25)23-18(22-17)13-6-4-3-5-7-13/h3-7,14-15H,2,8-12H2,1H3,(H,21,26)(H,22,23,25)/t14-,15+/m1/s1. The molecule has 6 nitrogen and oxygen atoms in total. The van der Waals surface area contributed by atoms with E-state index in [1.807, 2.05) is 42.2 Å². The first-order valence-corrected chi connectivity index (χ1v) is 9.41. The maximum absolute atomic E-state index is 12.7. The molecule has 2 N–H and O–H groups in total. The van der Waals surface area contributed by atoms with Crippen LogP contribution in [0.25, 0.3) is 11.4 Å². The molecule has 1 fully saturated rings. The van der Waals surface area contributed by atoms with Gasteiger partial charge >= 0.3 is 6.03 Å². The summed E-state index contributed by atoms with van der Waals surface area (Å²) in [4.78, 5) is 35.0. The quantitative estimate of drug-likeness (QED) is 0.891. The molecule has 2 aliphatic rings. The van der Waals surface area contributed by atoms with E-state index in [1.54, 1.807) is 0 Å². The fourth-order valence-electron chi connectivity index (χ4n) is 4.13. The summed E-state index contributed by atoms with van der Waals surface area (Å²) in [6.07, 6.45) is 4.07. The Kier molecular flexibility index (Phi) is 4.49. The van der Waals surface area contributed by atoms with E-state index < -0.39 is 0 Å². The Morgan fingerprint density at radius 2 is 1.96 bits per heavy atom. The number of aromatic amines is 1. The highest BCUT2D eigenvalue weighted by molar-refractivity contribution is 5.75. The van der Waals surface area contributed by atoms with Crippen molar-refractivity contribution in [1.82, 2.24) is 20.2 Å². The van der Waals surface area contributed by atoms with Crippen molar-refractivity contribution in [2.24, 2.45) is 0 Å². The second-order valence-corrected chi connectivity index (χ2v) is 7.14. The molecule has 0 spiro atoms. The van der Waals surface area contributed by atoms with Gasteiger partial charge in [-0.15, -0.1) is 0 Å². The Labute approximate surface area is 152 Å². The van der Waals surface area contributed by atoms with Crippen LogP contribution in [0.1, 0.15) is 37.4 Å². The average molecular weight is 352 g/mol. The van der Waals surface area contributed by atoms with Crippen LogP contribution in [0.2, 0.25) is 0 Å². The first kappa shape index (κ1) is 16.8. The Bertz CT molecular complexity index is 862. The summed E-state index contributed by atoms with van der Waals surface area (Å²) in [6, 6.07) is 9.89. The monoisotopic (exact) mass is 352 g/mol. The summed E-state index contributed by atoms with van der Waals surface area (Å²) < 4.78 is 0. The van der Waals surface area contributed by atoms with E-state index in [1.165, 1.54) is 0 Å². The lowest BCUT2D eigenvalue weighted by Gasteiger charge is -2.28. The third-order valence-corrected chi connectivity index (χ3v) is 5.40. The number of carbonyl (C=O) groups is 1. The number of H-pyrrole nitrogens is 1. The average Bonchev–Trinajstić information content (AvgIpc) is 2.95. The lowest BCUT2D eigenvalue weighted by atomic mass is 9.98. The first-order chi connectivity index (χ1) is 12.7. The van der Waals surface area contributed by atoms with Gasteiger partial charge < -0.3 is 15.2 Å². The van der Waals surface area contributed by atoms with Crippen LogP contribution in [0, 0.1) is 0 Å². The van der Waals surface area contributed by atoms with Crippen molar-refractivity contribution in [2.75, 3.05) is 6.54 Å². The predicted octanol–water partition coefficient (Wildman–Crippen LogP) is 2.49. The van der Waals surface area contributed by atoms with Crippen molar-refractivity contribution < 1.29 is 4.79 Å². The van der Waals surface area contributed by atoms with Gasteiger partial charge in [-0.3, -0.25) is 4.79 Å². The third-order valence-electron chi connectivity index (χ3n) is 5.40. The molecule has 2 atom stereocenters. The van der Waals surface area contributed by atoms with Crippen molar-refractivity contribution in [3.63, 3.8) is 0 Å². The van der Waals surface area contributed by atoms with E-state index in [4.69, 9.17) is 4.98 Å². The number of hydrogen-bond donors (Lipinski definition) is 2.